The molecule has 0 amide bonds. The molecule has 0 N–H and O–H groups in total. The van der Waals surface area contributed by atoms with Gasteiger partial charge in [-0.3, -0.25) is 0 Å². The molecule has 126 valence electrons. The van der Waals surface area contributed by atoms with E-state index in [1.807, 2.05) is 0 Å². The summed E-state index contributed by atoms with van der Waals surface area (Å²) in [6, 6.07) is 6.92. The summed E-state index contributed by atoms with van der Waals surface area (Å²) in [5, 5.41) is 4.99. The van der Waals surface area contributed by atoms with Crippen LogP contribution in [0.5, 0.6) is 0 Å². The molecule has 0 aliphatic carbocycles. The highest BCUT2D eigenvalue weighted by Gasteiger charge is 2.34. The Morgan fingerprint density at radius 3 is 2.29 bits per heavy atom. The van der Waals surface area contributed by atoms with E-state index in [0.29, 0.717) is 10.6 Å². The summed E-state index contributed by atoms with van der Waals surface area (Å²) in [6.45, 7) is -0.361. The highest BCUT2D eigenvalue weighted by molar-refractivity contribution is 6.33. The fraction of sp³-hybridized carbons (Fsp3) is 0.133. The van der Waals surface area contributed by atoms with E-state index in [1.165, 1.54) is 0 Å². The molecule has 0 saturated carbocycles. The highest BCUT2D eigenvalue weighted by Crippen LogP contribution is 2.35. The Kier molecular flexibility index (Phi) is 4.08. The van der Waals surface area contributed by atoms with Crippen LogP contribution in [0.3, 0.4) is 0 Å². The average molecular weight is 363 g/mol. The summed E-state index contributed by atoms with van der Waals surface area (Å²) in [4.78, 5) is 0. The van der Waals surface area contributed by atoms with E-state index in [9.17, 15) is 22.0 Å². The molecular formula is C15H8ClF5N2O. The number of hydrogen-bond acceptors (Lipinski definition) is 3. The number of nitrogens with zero attached hydrogens (tertiary/aromatic N) is 2. The van der Waals surface area contributed by atoms with Crippen LogP contribution in [-0.4, -0.2) is 12.6 Å². The minimum Gasteiger partial charge on any atom is -0.453 e. The molecule has 9 heteroatoms. The Balaban J connectivity index is 1.98. The first kappa shape index (κ1) is 16.5. The average Bonchev–Trinajstić information content (AvgIpc) is 2.95. The fourth-order valence-corrected chi connectivity index (χ4v) is 2.36. The molecule has 0 fully saturated rings. The van der Waals surface area contributed by atoms with E-state index in [2.05, 4.69) is 5.10 Å². The van der Waals surface area contributed by atoms with Crippen LogP contribution >= 0.6 is 11.6 Å². The van der Waals surface area contributed by atoms with E-state index in [-0.39, 0.29) is 24.8 Å². The maximum Gasteiger partial charge on any atom is 0.416 e. The van der Waals surface area contributed by atoms with Crippen molar-refractivity contribution in [2.24, 2.45) is 5.10 Å². The number of benzene rings is 2. The van der Waals surface area contributed by atoms with Gasteiger partial charge in [-0.2, -0.15) is 13.2 Å². The van der Waals surface area contributed by atoms with Crippen LogP contribution in [0.15, 0.2) is 41.5 Å². The first-order valence-corrected chi connectivity index (χ1v) is 6.95. The van der Waals surface area contributed by atoms with Crippen molar-refractivity contribution in [2.45, 2.75) is 6.18 Å². The summed E-state index contributed by atoms with van der Waals surface area (Å²) in [5.74, 6) is -2.77. The van der Waals surface area contributed by atoms with Crippen molar-refractivity contribution in [1.82, 2.24) is 0 Å². The molecule has 2 aromatic carbocycles. The maximum atomic E-state index is 14.0. The number of anilines is 1. The van der Waals surface area contributed by atoms with Gasteiger partial charge in [-0.05, 0) is 24.3 Å². The Morgan fingerprint density at radius 2 is 1.71 bits per heavy atom. The van der Waals surface area contributed by atoms with Gasteiger partial charge < -0.3 is 4.74 Å². The van der Waals surface area contributed by atoms with Crippen molar-refractivity contribution in [3.8, 4) is 0 Å². The largest absolute Gasteiger partial charge is 0.453 e. The van der Waals surface area contributed by atoms with Gasteiger partial charge >= 0.3 is 6.18 Å². The second-order valence-corrected chi connectivity index (χ2v) is 5.25. The number of alkyl halides is 3. The molecule has 1 aliphatic rings. The van der Waals surface area contributed by atoms with E-state index >= 15 is 0 Å². The summed E-state index contributed by atoms with van der Waals surface area (Å²) >= 11 is 5.98. The van der Waals surface area contributed by atoms with Gasteiger partial charge in [0.2, 0.25) is 5.90 Å². The normalized spacial score (nSPS) is 14.6. The highest BCUT2D eigenvalue weighted by atomic mass is 35.5. The molecule has 0 aromatic heterocycles. The summed E-state index contributed by atoms with van der Waals surface area (Å²) in [6.07, 6.45) is -4.85. The van der Waals surface area contributed by atoms with Crippen LogP contribution in [0.2, 0.25) is 5.02 Å². The topological polar surface area (TPSA) is 24.8 Å². The van der Waals surface area contributed by atoms with Crippen molar-refractivity contribution in [2.75, 3.05) is 11.7 Å². The van der Waals surface area contributed by atoms with Crippen LogP contribution < -0.4 is 5.01 Å². The van der Waals surface area contributed by atoms with Gasteiger partial charge in [0.15, 0.2) is 18.4 Å². The molecule has 0 radical (unpaired) electrons. The zero-order chi connectivity index (χ0) is 17.5. The maximum absolute atomic E-state index is 14.0. The molecular weight excluding hydrogens is 355 g/mol. The van der Waals surface area contributed by atoms with E-state index < -0.39 is 29.1 Å². The zero-order valence-corrected chi connectivity index (χ0v) is 12.5. The zero-order valence-electron chi connectivity index (χ0n) is 11.7. The predicted octanol–water partition coefficient (Wildman–Crippen LogP) is 4.79. The minimum atomic E-state index is -4.85. The molecule has 24 heavy (non-hydrogen) atoms. The van der Waals surface area contributed by atoms with E-state index in [4.69, 9.17) is 16.3 Å². The molecule has 0 bridgehead atoms. The van der Waals surface area contributed by atoms with E-state index in [1.54, 1.807) is 24.3 Å². The number of ether oxygens (including phenoxy) is 1. The Labute approximate surface area is 137 Å². The molecule has 1 heterocycles. The van der Waals surface area contributed by atoms with Gasteiger partial charge in [0.1, 0.15) is 5.69 Å². The molecule has 1 aliphatic heterocycles. The Morgan fingerprint density at radius 1 is 1.08 bits per heavy atom. The van der Waals surface area contributed by atoms with Crippen molar-refractivity contribution >= 4 is 23.2 Å². The lowest BCUT2D eigenvalue weighted by molar-refractivity contribution is -0.137. The lowest BCUT2D eigenvalue weighted by Crippen LogP contribution is -2.17. The quantitative estimate of drug-likeness (QED) is 0.717. The van der Waals surface area contributed by atoms with Gasteiger partial charge in [-0.1, -0.05) is 23.7 Å². The van der Waals surface area contributed by atoms with Crippen molar-refractivity contribution in [3.05, 3.63) is 64.2 Å². The fourth-order valence-electron chi connectivity index (χ4n) is 2.15. The van der Waals surface area contributed by atoms with Gasteiger partial charge in [-0.25, -0.2) is 13.8 Å². The first-order chi connectivity index (χ1) is 11.3. The third-order valence-corrected chi connectivity index (χ3v) is 3.57. The number of hydrazone groups is 1. The molecule has 2 aromatic rings. The second kappa shape index (κ2) is 5.94. The van der Waals surface area contributed by atoms with Gasteiger partial charge in [0.25, 0.3) is 0 Å². The smallest absolute Gasteiger partial charge is 0.416 e. The van der Waals surface area contributed by atoms with Gasteiger partial charge in [-0.15, -0.1) is 5.10 Å². The number of hydrogen-bond donors (Lipinski definition) is 0. The van der Waals surface area contributed by atoms with Crippen LogP contribution in [0.1, 0.15) is 11.1 Å². The van der Waals surface area contributed by atoms with Crippen LogP contribution in [0, 0.1) is 11.6 Å². The lowest BCUT2D eigenvalue weighted by atomic mass is 10.1. The number of halogens is 6. The summed E-state index contributed by atoms with van der Waals surface area (Å²) in [7, 11) is 0. The molecule has 0 spiro atoms. The summed E-state index contributed by atoms with van der Waals surface area (Å²) in [5.41, 5.74) is -1.75. The van der Waals surface area contributed by atoms with E-state index in [0.717, 1.165) is 5.01 Å². The van der Waals surface area contributed by atoms with Crippen molar-refractivity contribution < 1.29 is 26.7 Å². The second-order valence-electron chi connectivity index (χ2n) is 4.84. The first-order valence-electron chi connectivity index (χ1n) is 6.57. The Bertz CT molecular complexity index is 799. The lowest BCUT2D eigenvalue weighted by Gasteiger charge is -2.15. The SMILES string of the molecule is Fc1cc(C(F)(F)F)cc(F)c1N1COC(c2ccccc2Cl)=N1. The number of rotatable bonds is 2. The molecule has 0 unspecified atom stereocenters. The predicted molar refractivity (Wildman–Crippen MR) is 77.8 cm³/mol. The van der Waals surface area contributed by atoms with Gasteiger partial charge in [0.05, 0.1) is 16.1 Å². The van der Waals surface area contributed by atoms with Crippen molar-refractivity contribution in [3.63, 3.8) is 0 Å². The van der Waals surface area contributed by atoms with Gasteiger partial charge in [0, 0.05) is 0 Å². The third kappa shape index (κ3) is 3.01. The minimum absolute atomic E-state index is 0.0132. The van der Waals surface area contributed by atoms with Crippen molar-refractivity contribution in [1.29, 1.82) is 0 Å². The van der Waals surface area contributed by atoms with Crippen LogP contribution in [-0.2, 0) is 10.9 Å². The Hall–Kier alpha value is -2.35. The third-order valence-electron chi connectivity index (χ3n) is 3.24. The molecule has 0 atom stereocenters. The van der Waals surface area contributed by atoms with Crippen LogP contribution in [0.25, 0.3) is 0 Å². The molecule has 0 saturated heterocycles. The summed E-state index contributed by atoms with van der Waals surface area (Å²) < 4.78 is 70.9. The molecule has 3 rings (SSSR count). The molecule has 3 nitrogen and oxygen atoms in total. The van der Waals surface area contributed by atoms with Crippen LogP contribution in [0.4, 0.5) is 27.6 Å². The monoisotopic (exact) mass is 362 g/mol. The standard InChI is InChI=1S/C15H8ClF5N2O/c16-10-4-2-1-3-9(10)14-22-23(7-24-14)13-11(17)5-8(6-12(13)18)15(19,20)21/h1-6H,7H2.